The fourth-order valence-electron chi connectivity index (χ4n) is 1.82. The number of aromatic nitrogens is 2. The number of halogens is 1. The maximum absolute atomic E-state index is 4.63. The van der Waals surface area contributed by atoms with Gasteiger partial charge in [0.15, 0.2) is 0 Å². The van der Waals surface area contributed by atoms with Crippen molar-refractivity contribution in [1.29, 1.82) is 0 Å². The summed E-state index contributed by atoms with van der Waals surface area (Å²) in [7, 11) is 1.93. The molecule has 3 rings (SSSR count). The van der Waals surface area contributed by atoms with Crippen molar-refractivity contribution in [2.24, 2.45) is 0 Å². The van der Waals surface area contributed by atoms with E-state index in [1.807, 2.05) is 7.05 Å². The molecule has 1 N–H and O–H groups in total. The van der Waals surface area contributed by atoms with Crippen LogP contribution in [0.3, 0.4) is 0 Å². The van der Waals surface area contributed by atoms with Gasteiger partial charge in [0.2, 0.25) is 0 Å². The third-order valence-electron chi connectivity index (χ3n) is 2.83. The first-order valence-corrected chi connectivity index (χ1v) is 5.94. The van der Waals surface area contributed by atoms with E-state index >= 15 is 0 Å². The first-order valence-electron chi connectivity index (χ1n) is 5.14. The van der Waals surface area contributed by atoms with E-state index in [4.69, 9.17) is 0 Å². The molecule has 0 atom stereocenters. The van der Waals surface area contributed by atoms with Gasteiger partial charge in [-0.1, -0.05) is 15.9 Å². The quantitative estimate of drug-likeness (QED) is 0.904. The Kier molecular flexibility index (Phi) is 1.99. The molecule has 1 saturated carbocycles. The van der Waals surface area contributed by atoms with E-state index in [1.165, 1.54) is 18.2 Å². The Balaban J connectivity index is 2.25. The normalized spacial score (nSPS) is 15.9. The van der Waals surface area contributed by atoms with Gasteiger partial charge in [-0.3, -0.25) is 4.68 Å². The molecule has 3 nitrogen and oxygen atoms in total. The van der Waals surface area contributed by atoms with Crippen LogP contribution in [0.5, 0.6) is 0 Å². The van der Waals surface area contributed by atoms with Crippen LogP contribution in [-0.2, 0) is 0 Å². The van der Waals surface area contributed by atoms with Crippen molar-refractivity contribution in [2.45, 2.75) is 18.9 Å². The van der Waals surface area contributed by atoms with Crippen LogP contribution in [0, 0.1) is 0 Å². The molecule has 1 aliphatic carbocycles. The average molecular weight is 266 g/mol. The third-order valence-corrected chi connectivity index (χ3v) is 3.52. The zero-order valence-corrected chi connectivity index (χ0v) is 10.1. The largest absolute Gasteiger partial charge is 0.386 e. The van der Waals surface area contributed by atoms with Gasteiger partial charge < -0.3 is 5.32 Å². The van der Waals surface area contributed by atoms with Crippen LogP contribution < -0.4 is 5.32 Å². The van der Waals surface area contributed by atoms with Crippen LogP contribution in [0.2, 0.25) is 0 Å². The topological polar surface area (TPSA) is 29.9 Å². The number of anilines is 1. The van der Waals surface area contributed by atoms with Crippen LogP contribution in [0.4, 0.5) is 5.69 Å². The van der Waals surface area contributed by atoms with Crippen molar-refractivity contribution < 1.29 is 0 Å². The van der Waals surface area contributed by atoms with Gasteiger partial charge in [-0.2, -0.15) is 5.10 Å². The Bertz CT molecular complexity index is 514. The highest BCUT2D eigenvalue weighted by molar-refractivity contribution is 9.10. The lowest BCUT2D eigenvalue weighted by atomic mass is 10.2. The number of rotatable bonds is 2. The third kappa shape index (κ3) is 1.44. The highest BCUT2D eigenvalue weighted by atomic mass is 79.9. The molecule has 0 saturated heterocycles. The highest BCUT2D eigenvalue weighted by Crippen LogP contribution is 2.37. The maximum Gasteiger partial charge on any atom is 0.117 e. The highest BCUT2D eigenvalue weighted by Gasteiger charge is 2.25. The van der Waals surface area contributed by atoms with Crippen molar-refractivity contribution in [3.05, 3.63) is 22.8 Å². The Morgan fingerprint density at radius 1 is 1.47 bits per heavy atom. The van der Waals surface area contributed by atoms with Gasteiger partial charge in [-0.05, 0) is 25.0 Å². The minimum absolute atomic E-state index is 0.633. The molecule has 0 bridgehead atoms. The summed E-state index contributed by atoms with van der Waals surface area (Å²) in [5.74, 6) is 0. The molecule has 1 aromatic carbocycles. The van der Waals surface area contributed by atoms with Crippen molar-refractivity contribution in [3.63, 3.8) is 0 Å². The SMILES string of the molecule is CNc1ccc(Br)c2cn(C3CC3)nc12. The summed E-state index contributed by atoms with van der Waals surface area (Å²) in [6.45, 7) is 0. The smallest absolute Gasteiger partial charge is 0.117 e. The van der Waals surface area contributed by atoms with Crippen LogP contribution >= 0.6 is 15.9 Å². The Morgan fingerprint density at radius 2 is 2.27 bits per heavy atom. The van der Waals surface area contributed by atoms with Crippen molar-refractivity contribution >= 4 is 32.5 Å². The van der Waals surface area contributed by atoms with Gasteiger partial charge in [0, 0.05) is 23.1 Å². The Hall–Kier alpha value is -1.03. The summed E-state index contributed by atoms with van der Waals surface area (Å²) in [5, 5.41) is 8.99. The Morgan fingerprint density at radius 3 is 2.93 bits per heavy atom. The fraction of sp³-hybridized carbons (Fsp3) is 0.364. The number of fused-ring (bicyclic) bond motifs is 1. The van der Waals surface area contributed by atoms with Crippen LogP contribution in [0.1, 0.15) is 18.9 Å². The minimum Gasteiger partial charge on any atom is -0.386 e. The molecule has 78 valence electrons. The fourth-order valence-corrected chi connectivity index (χ4v) is 2.24. The van der Waals surface area contributed by atoms with E-state index < -0.39 is 0 Å². The monoisotopic (exact) mass is 265 g/mol. The molecular weight excluding hydrogens is 254 g/mol. The molecule has 1 aromatic heterocycles. The van der Waals surface area contributed by atoms with Crippen molar-refractivity contribution in [1.82, 2.24) is 9.78 Å². The van der Waals surface area contributed by atoms with Crippen LogP contribution in [-0.4, -0.2) is 16.8 Å². The number of nitrogens with zero attached hydrogens (tertiary/aromatic N) is 2. The molecule has 0 spiro atoms. The van der Waals surface area contributed by atoms with E-state index in [0.29, 0.717) is 6.04 Å². The molecule has 0 amide bonds. The lowest BCUT2D eigenvalue weighted by Gasteiger charge is -2.00. The number of hydrogen-bond acceptors (Lipinski definition) is 2. The van der Waals surface area contributed by atoms with Gasteiger partial charge in [-0.25, -0.2) is 0 Å². The van der Waals surface area contributed by atoms with Crippen molar-refractivity contribution in [2.75, 3.05) is 12.4 Å². The summed E-state index contributed by atoms with van der Waals surface area (Å²) in [5.41, 5.74) is 2.14. The van der Waals surface area contributed by atoms with Crippen molar-refractivity contribution in [3.8, 4) is 0 Å². The molecule has 2 aromatic rings. The van der Waals surface area contributed by atoms with Gasteiger partial charge in [-0.15, -0.1) is 0 Å². The average Bonchev–Trinajstić information content (AvgIpc) is 2.99. The molecule has 4 heteroatoms. The molecule has 15 heavy (non-hydrogen) atoms. The first kappa shape index (κ1) is 9.21. The van der Waals surface area contributed by atoms with Crippen LogP contribution in [0.25, 0.3) is 10.9 Å². The second-order valence-electron chi connectivity index (χ2n) is 3.95. The number of benzene rings is 1. The minimum atomic E-state index is 0.633. The van der Waals surface area contributed by atoms with E-state index in [0.717, 1.165) is 15.7 Å². The molecule has 1 fully saturated rings. The summed E-state index contributed by atoms with van der Waals surface area (Å²) >= 11 is 3.56. The summed E-state index contributed by atoms with van der Waals surface area (Å²) < 4.78 is 3.21. The van der Waals surface area contributed by atoms with Gasteiger partial charge in [0.25, 0.3) is 0 Å². The Labute approximate surface area is 96.6 Å². The molecule has 0 aliphatic heterocycles. The zero-order valence-electron chi connectivity index (χ0n) is 8.50. The zero-order chi connectivity index (χ0) is 10.4. The summed E-state index contributed by atoms with van der Waals surface area (Å²) in [6, 6.07) is 4.75. The lowest BCUT2D eigenvalue weighted by Crippen LogP contribution is -1.94. The molecule has 1 heterocycles. The standard InChI is InChI=1S/C11H12BrN3/c1-13-10-5-4-9(12)8-6-15(7-2-3-7)14-11(8)10/h4-7,13H,2-3H2,1H3. The summed E-state index contributed by atoms with van der Waals surface area (Å²) in [6.07, 6.45) is 4.67. The maximum atomic E-state index is 4.63. The van der Waals surface area contributed by atoms with E-state index in [1.54, 1.807) is 0 Å². The van der Waals surface area contributed by atoms with Gasteiger partial charge in [0.05, 0.1) is 11.7 Å². The van der Waals surface area contributed by atoms with Gasteiger partial charge >= 0.3 is 0 Å². The molecule has 0 unspecified atom stereocenters. The first-order chi connectivity index (χ1) is 7.29. The second-order valence-corrected chi connectivity index (χ2v) is 4.80. The van der Waals surface area contributed by atoms with Crippen LogP contribution in [0.15, 0.2) is 22.8 Å². The molecular formula is C11H12BrN3. The predicted molar refractivity (Wildman–Crippen MR) is 65.3 cm³/mol. The predicted octanol–water partition coefficient (Wildman–Crippen LogP) is 3.18. The number of hydrogen-bond donors (Lipinski definition) is 1. The lowest BCUT2D eigenvalue weighted by molar-refractivity contribution is 0.649. The molecule has 1 aliphatic rings. The van der Waals surface area contributed by atoms with Gasteiger partial charge in [0.1, 0.15) is 5.52 Å². The van der Waals surface area contributed by atoms with E-state index in [-0.39, 0.29) is 0 Å². The number of nitrogens with one attached hydrogen (secondary N) is 1. The molecule has 0 radical (unpaired) electrons. The van der Waals surface area contributed by atoms with E-state index in [9.17, 15) is 0 Å². The summed E-state index contributed by atoms with van der Waals surface area (Å²) in [4.78, 5) is 0. The van der Waals surface area contributed by atoms with E-state index in [2.05, 4.69) is 49.4 Å². The second kappa shape index (κ2) is 3.23.